The molecule has 1 saturated heterocycles. The summed E-state index contributed by atoms with van der Waals surface area (Å²) in [4.78, 5) is 29.1. The van der Waals surface area contributed by atoms with Crippen LogP contribution in [0.1, 0.15) is 15.9 Å². The van der Waals surface area contributed by atoms with Crippen LogP contribution in [-0.4, -0.2) is 47.2 Å². The first-order valence-corrected chi connectivity index (χ1v) is 11.2. The molecule has 0 saturated carbocycles. The van der Waals surface area contributed by atoms with Gasteiger partial charge in [0, 0.05) is 36.2 Å². The molecule has 0 atom stereocenters. The summed E-state index contributed by atoms with van der Waals surface area (Å²) in [5.41, 5.74) is 3.18. The number of carbonyl (C=O) groups is 1. The number of aromatic nitrogens is 3. The second-order valence-corrected chi connectivity index (χ2v) is 8.37. The van der Waals surface area contributed by atoms with Gasteiger partial charge in [-0.05, 0) is 48.2 Å². The average Bonchev–Trinajstić information content (AvgIpc) is 3.32. The normalized spacial score (nSPS) is 13.8. The van der Waals surface area contributed by atoms with Crippen LogP contribution < -0.4 is 15.5 Å². The number of carbonyl (C=O) groups excluding carboxylic acids is 1. The Morgan fingerprint density at radius 2 is 1.97 bits per heavy atom. The summed E-state index contributed by atoms with van der Waals surface area (Å²) in [6.07, 6.45) is 3.22. The first-order valence-electron chi connectivity index (χ1n) is 10.3. The molecule has 0 radical (unpaired) electrons. The number of anilines is 4. The maximum absolute atomic E-state index is 12.9. The largest absolute Gasteiger partial charge is 0.378 e. The van der Waals surface area contributed by atoms with Crippen LogP contribution in [0, 0.1) is 6.92 Å². The summed E-state index contributed by atoms with van der Waals surface area (Å²) in [7, 11) is 0. The SMILES string of the molecule is Cc1ccc(NC(=O)c2ccnc(N3CCOCC3)c2)cc1Nc1ncnc2sccc12. The number of hydrogen-bond acceptors (Lipinski definition) is 8. The number of nitrogens with one attached hydrogen (secondary N) is 2. The van der Waals surface area contributed by atoms with E-state index >= 15 is 0 Å². The topological polar surface area (TPSA) is 92.3 Å². The highest BCUT2D eigenvalue weighted by Gasteiger charge is 2.15. The Bertz CT molecular complexity index is 1270. The molecule has 8 nitrogen and oxygen atoms in total. The second-order valence-electron chi connectivity index (χ2n) is 7.47. The molecule has 0 unspecified atom stereocenters. The number of thiophene rings is 1. The third-order valence-corrected chi connectivity index (χ3v) is 6.17. The number of nitrogens with zero attached hydrogens (tertiary/aromatic N) is 4. The van der Waals surface area contributed by atoms with Crippen molar-refractivity contribution in [3.63, 3.8) is 0 Å². The number of aryl methyl sites for hydroxylation is 1. The summed E-state index contributed by atoms with van der Waals surface area (Å²) in [6, 6.07) is 11.3. The Balaban J connectivity index is 1.35. The lowest BCUT2D eigenvalue weighted by Gasteiger charge is -2.27. The molecule has 32 heavy (non-hydrogen) atoms. The molecular weight excluding hydrogens is 424 g/mol. The lowest BCUT2D eigenvalue weighted by Crippen LogP contribution is -2.36. The predicted octanol–water partition coefficient (Wildman–Crippen LogP) is 4.23. The van der Waals surface area contributed by atoms with E-state index in [1.165, 1.54) is 0 Å². The summed E-state index contributed by atoms with van der Waals surface area (Å²) < 4.78 is 5.40. The number of fused-ring (bicyclic) bond motifs is 1. The third kappa shape index (κ3) is 4.25. The minimum atomic E-state index is -0.182. The lowest BCUT2D eigenvalue weighted by atomic mass is 10.1. The molecule has 5 rings (SSSR count). The summed E-state index contributed by atoms with van der Waals surface area (Å²) in [5.74, 6) is 1.35. The Hall–Kier alpha value is -3.56. The Morgan fingerprint density at radius 1 is 1.09 bits per heavy atom. The molecule has 162 valence electrons. The molecule has 3 aromatic heterocycles. The van der Waals surface area contributed by atoms with E-state index in [2.05, 4.69) is 30.5 Å². The van der Waals surface area contributed by atoms with E-state index in [-0.39, 0.29) is 5.91 Å². The van der Waals surface area contributed by atoms with Crippen molar-refractivity contribution in [3.8, 4) is 0 Å². The average molecular weight is 447 g/mol. The van der Waals surface area contributed by atoms with E-state index in [1.54, 1.807) is 29.9 Å². The van der Waals surface area contributed by atoms with Crippen molar-refractivity contribution in [2.45, 2.75) is 6.92 Å². The molecule has 1 aromatic carbocycles. The van der Waals surface area contributed by atoms with Crippen LogP contribution in [0.3, 0.4) is 0 Å². The van der Waals surface area contributed by atoms with Gasteiger partial charge in [0.05, 0.1) is 18.6 Å². The number of hydrogen-bond donors (Lipinski definition) is 2. The van der Waals surface area contributed by atoms with Gasteiger partial charge in [0.1, 0.15) is 22.8 Å². The number of benzene rings is 1. The number of rotatable bonds is 5. The van der Waals surface area contributed by atoms with Gasteiger partial charge in [-0.2, -0.15) is 0 Å². The maximum atomic E-state index is 12.9. The zero-order valence-corrected chi connectivity index (χ0v) is 18.4. The van der Waals surface area contributed by atoms with Crippen molar-refractivity contribution in [2.75, 3.05) is 41.8 Å². The van der Waals surface area contributed by atoms with E-state index < -0.39 is 0 Å². The van der Waals surface area contributed by atoms with Crippen molar-refractivity contribution in [1.29, 1.82) is 0 Å². The van der Waals surface area contributed by atoms with E-state index in [1.807, 2.05) is 42.6 Å². The van der Waals surface area contributed by atoms with Crippen molar-refractivity contribution in [1.82, 2.24) is 15.0 Å². The first-order chi connectivity index (χ1) is 15.7. The van der Waals surface area contributed by atoms with E-state index in [0.29, 0.717) is 24.5 Å². The van der Waals surface area contributed by atoms with Crippen molar-refractivity contribution in [3.05, 3.63) is 65.4 Å². The van der Waals surface area contributed by atoms with Gasteiger partial charge in [-0.1, -0.05) is 6.07 Å². The molecule has 1 aliphatic rings. The van der Waals surface area contributed by atoms with Crippen LogP contribution in [0.2, 0.25) is 0 Å². The van der Waals surface area contributed by atoms with Gasteiger partial charge in [-0.15, -0.1) is 11.3 Å². The highest BCUT2D eigenvalue weighted by atomic mass is 32.1. The zero-order chi connectivity index (χ0) is 21.9. The minimum Gasteiger partial charge on any atom is -0.378 e. The lowest BCUT2D eigenvalue weighted by molar-refractivity contribution is 0.102. The molecule has 2 N–H and O–H groups in total. The standard InChI is InChI=1S/C23H22N6O2S/c1-15-2-3-17(13-19(15)28-21-18-5-11-32-23(18)26-14-25-21)27-22(30)16-4-6-24-20(12-16)29-7-9-31-10-8-29/h2-6,11-14H,7-10H2,1H3,(H,27,30)(H,25,26,28). The van der Waals surface area contributed by atoms with E-state index in [0.717, 1.165) is 46.2 Å². The Morgan fingerprint density at radius 3 is 2.84 bits per heavy atom. The summed E-state index contributed by atoms with van der Waals surface area (Å²) in [6.45, 7) is 4.89. The number of amides is 1. The molecule has 1 fully saturated rings. The molecule has 1 aliphatic heterocycles. The fourth-order valence-corrected chi connectivity index (χ4v) is 4.31. The fourth-order valence-electron chi connectivity index (χ4n) is 3.58. The molecule has 0 aliphatic carbocycles. The summed E-state index contributed by atoms with van der Waals surface area (Å²) in [5, 5.41) is 9.34. The quantitative estimate of drug-likeness (QED) is 0.474. The van der Waals surface area contributed by atoms with Gasteiger partial charge < -0.3 is 20.3 Å². The van der Waals surface area contributed by atoms with E-state index in [4.69, 9.17) is 4.74 Å². The number of pyridine rings is 1. The molecule has 9 heteroatoms. The third-order valence-electron chi connectivity index (χ3n) is 5.35. The number of ether oxygens (including phenoxy) is 1. The highest BCUT2D eigenvalue weighted by molar-refractivity contribution is 7.16. The van der Waals surface area contributed by atoms with Crippen molar-refractivity contribution >= 4 is 50.5 Å². The smallest absolute Gasteiger partial charge is 0.255 e. The van der Waals surface area contributed by atoms with Gasteiger partial charge in [0.2, 0.25) is 0 Å². The van der Waals surface area contributed by atoms with Crippen LogP contribution in [0.25, 0.3) is 10.2 Å². The Labute approximate surface area is 189 Å². The fraction of sp³-hybridized carbons (Fsp3) is 0.217. The number of morpholine rings is 1. The van der Waals surface area contributed by atoms with Crippen LogP contribution in [0.5, 0.6) is 0 Å². The van der Waals surface area contributed by atoms with Crippen LogP contribution in [0.4, 0.5) is 23.0 Å². The molecule has 0 bridgehead atoms. The zero-order valence-electron chi connectivity index (χ0n) is 17.5. The second kappa shape index (κ2) is 8.89. The summed E-state index contributed by atoms with van der Waals surface area (Å²) >= 11 is 1.57. The predicted molar refractivity (Wildman–Crippen MR) is 127 cm³/mol. The van der Waals surface area contributed by atoms with Gasteiger partial charge in [-0.25, -0.2) is 15.0 Å². The molecule has 4 heterocycles. The molecular formula is C23H22N6O2S. The van der Waals surface area contributed by atoms with Gasteiger partial charge >= 0.3 is 0 Å². The molecule has 0 spiro atoms. The van der Waals surface area contributed by atoms with Crippen molar-refractivity contribution in [2.24, 2.45) is 0 Å². The monoisotopic (exact) mass is 446 g/mol. The minimum absolute atomic E-state index is 0.182. The maximum Gasteiger partial charge on any atom is 0.255 e. The van der Waals surface area contributed by atoms with Crippen molar-refractivity contribution < 1.29 is 9.53 Å². The Kier molecular flexibility index (Phi) is 5.66. The van der Waals surface area contributed by atoms with Gasteiger partial charge in [0.25, 0.3) is 5.91 Å². The van der Waals surface area contributed by atoms with Crippen LogP contribution in [-0.2, 0) is 4.74 Å². The first kappa shape index (κ1) is 20.3. The van der Waals surface area contributed by atoms with Crippen LogP contribution in [0.15, 0.2) is 54.3 Å². The van der Waals surface area contributed by atoms with Crippen LogP contribution >= 0.6 is 11.3 Å². The van der Waals surface area contributed by atoms with Gasteiger partial charge in [0.15, 0.2) is 0 Å². The van der Waals surface area contributed by atoms with Gasteiger partial charge in [-0.3, -0.25) is 4.79 Å². The highest BCUT2D eigenvalue weighted by Crippen LogP contribution is 2.29. The van der Waals surface area contributed by atoms with E-state index in [9.17, 15) is 4.79 Å². The molecule has 1 amide bonds. The molecule has 4 aromatic rings.